The van der Waals surface area contributed by atoms with Gasteiger partial charge < -0.3 is 10.1 Å². The molecule has 0 unspecified atom stereocenters. The molecular weight excluding hydrogens is 465 g/mol. The Kier molecular flexibility index (Phi) is 6.31. The van der Waals surface area contributed by atoms with Gasteiger partial charge in [-0.15, -0.1) is 0 Å². The quantitative estimate of drug-likeness (QED) is 0.228. The van der Waals surface area contributed by atoms with Crippen LogP contribution in [-0.2, 0) is 11.6 Å². The average Bonchev–Trinajstić information content (AvgIpc) is 3.20. The predicted molar refractivity (Wildman–Crippen MR) is 125 cm³/mol. The SMILES string of the molecule is CC(C)(C)c1ccccc1Oc1nc([18F])ccc1Nc1nc(C(F)(F)F)c(-c2ccccc2)s1. The number of hydrogen-bond acceptors (Lipinski definition) is 5. The minimum Gasteiger partial charge on any atom is -0.437 e. The molecule has 0 spiro atoms. The van der Waals surface area contributed by atoms with Crippen molar-refractivity contribution in [3.05, 3.63) is 83.9 Å². The van der Waals surface area contributed by atoms with E-state index in [1.807, 2.05) is 32.9 Å². The topological polar surface area (TPSA) is 47.0 Å². The Morgan fingerprint density at radius 1 is 0.853 bits per heavy atom. The lowest BCUT2D eigenvalue weighted by Crippen LogP contribution is -2.12. The van der Waals surface area contributed by atoms with Gasteiger partial charge in [-0.2, -0.15) is 22.5 Å². The monoisotopic (exact) mass is 486 g/mol. The van der Waals surface area contributed by atoms with Crippen molar-refractivity contribution in [2.24, 2.45) is 0 Å². The maximum absolute atomic E-state index is 14.0. The minimum absolute atomic E-state index is 0.0199. The first-order valence-corrected chi connectivity index (χ1v) is 11.2. The molecule has 0 aliphatic heterocycles. The van der Waals surface area contributed by atoms with Crippen molar-refractivity contribution in [3.63, 3.8) is 0 Å². The Bertz CT molecular complexity index is 1300. The van der Waals surface area contributed by atoms with Crippen molar-refractivity contribution in [2.75, 3.05) is 5.32 Å². The van der Waals surface area contributed by atoms with Crippen LogP contribution in [0.2, 0.25) is 0 Å². The summed E-state index contributed by atoms with van der Waals surface area (Å²) in [6.45, 7) is 6.02. The first-order chi connectivity index (χ1) is 16.0. The zero-order valence-corrected chi connectivity index (χ0v) is 19.4. The number of thiazole rings is 1. The van der Waals surface area contributed by atoms with Crippen molar-refractivity contribution in [2.45, 2.75) is 32.4 Å². The highest BCUT2D eigenvalue weighted by Crippen LogP contribution is 2.43. The molecule has 4 rings (SSSR count). The van der Waals surface area contributed by atoms with E-state index >= 15 is 0 Å². The molecule has 0 saturated heterocycles. The number of anilines is 2. The molecule has 2 aromatic heterocycles. The molecule has 0 atom stereocenters. The Morgan fingerprint density at radius 2 is 1.53 bits per heavy atom. The normalized spacial score (nSPS) is 12.0. The number of pyridine rings is 1. The second-order valence-electron chi connectivity index (χ2n) is 8.52. The third-order valence-corrected chi connectivity index (χ3v) is 5.92. The van der Waals surface area contributed by atoms with E-state index in [0.717, 1.165) is 23.0 Å². The Morgan fingerprint density at radius 3 is 2.21 bits per heavy atom. The van der Waals surface area contributed by atoms with Crippen LogP contribution in [0.4, 0.5) is 28.4 Å². The molecule has 0 fully saturated rings. The third-order valence-electron chi connectivity index (χ3n) is 4.90. The van der Waals surface area contributed by atoms with Crippen LogP contribution in [0.1, 0.15) is 32.0 Å². The molecule has 9 heteroatoms. The van der Waals surface area contributed by atoms with Crippen LogP contribution in [0.3, 0.4) is 0 Å². The molecule has 0 bridgehead atoms. The van der Waals surface area contributed by atoms with Crippen LogP contribution in [0.15, 0.2) is 66.7 Å². The Labute approximate surface area is 198 Å². The molecule has 1 N–H and O–H groups in total. The van der Waals surface area contributed by atoms with Gasteiger partial charge in [-0.1, -0.05) is 80.6 Å². The summed E-state index contributed by atoms with van der Waals surface area (Å²) in [7, 11) is 0. The third kappa shape index (κ3) is 5.20. The summed E-state index contributed by atoms with van der Waals surface area (Å²) in [6, 6.07) is 17.9. The number of alkyl halides is 3. The lowest BCUT2D eigenvalue weighted by molar-refractivity contribution is -0.140. The minimum atomic E-state index is -4.65. The summed E-state index contributed by atoms with van der Waals surface area (Å²) < 4.78 is 61.0. The number of aromatic nitrogens is 2. The number of rotatable bonds is 5. The number of para-hydroxylation sites is 1. The van der Waals surface area contributed by atoms with Crippen molar-refractivity contribution in [1.82, 2.24) is 9.97 Å². The fourth-order valence-corrected chi connectivity index (χ4v) is 4.34. The van der Waals surface area contributed by atoms with Crippen LogP contribution in [0.5, 0.6) is 11.6 Å². The summed E-state index contributed by atoms with van der Waals surface area (Å²) in [4.78, 5) is 7.59. The summed E-state index contributed by atoms with van der Waals surface area (Å²) >= 11 is 0.842. The summed E-state index contributed by atoms with van der Waals surface area (Å²) in [5.74, 6) is -0.424. The molecule has 0 radical (unpaired) electrons. The number of nitrogens with zero attached hydrogens (tertiary/aromatic N) is 2. The molecule has 4 aromatic rings. The fraction of sp³-hybridized carbons (Fsp3) is 0.200. The van der Waals surface area contributed by atoms with E-state index in [2.05, 4.69) is 15.3 Å². The predicted octanol–water partition coefficient (Wildman–Crippen LogP) is 8.20. The maximum Gasteiger partial charge on any atom is 0.434 e. The van der Waals surface area contributed by atoms with Crippen molar-refractivity contribution >= 4 is 22.2 Å². The van der Waals surface area contributed by atoms with Gasteiger partial charge in [-0.05, 0) is 29.2 Å². The molecule has 0 aliphatic carbocycles. The van der Waals surface area contributed by atoms with Crippen LogP contribution in [0.25, 0.3) is 10.4 Å². The number of nitrogens with one attached hydrogen (secondary N) is 1. The second kappa shape index (κ2) is 9.06. The van der Waals surface area contributed by atoms with E-state index in [9.17, 15) is 17.6 Å². The fourth-order valence-electron chi connectivity index (χ4n) is 3.34. The van der Waals surface area contributed by atoms with Crippen LogP contribution in [-0.4, -0.2) is 9.97 Å². The molecule has 0 aliphatic rings. The lowest BCUT2D eigenvalue weighted by atomic mass is 9.86. The summed E-state index contributed by atoms with van der Waals surface area (Å²) in [5, 5.41) is 2.81. The van der Waals surface area contributed by atoms with Gasteiger partial charge in [0.1, 0.15) is 11.4 Å². The lowest BCUT2D eigenvalue weighted by Gasteiger charge is -2.22. The van der Waals surface area contributed by atoms with Gasteiger partial charge in [-0.25, -0.2) is 4.98 Å². The van der Waals surface area contributed by atoms with Crippen LogP contribution < -0.4 is 10.1 Å². The van der Waals surface area contributed by atoms with E-state index in [1.54, 1.807) is 42.5 Å². The average molecular weight is 487 g/mol. The van der Waals surface area contributed by atoms with Gasteiger partial charge in [0.25, 0.3) is 0 Å². The molecule has 34 heavy (non-hydrogen) atoms. The zero-order valence-electron chi connectivity index (χ0n) is 18.6. The largest absolute Gasteiger partial charge is 0.437 e. The first kappa shape index (κ1) is 23.7. The molecular formula is C25H21F4N3OS. The maximum atomic E-state index is 14.0. The molecule has 0 saturated carbocycles. The number of hydrogen-bond donors (Lipinski definition) is 1. The van der Waals surface area contributed by atoms with E-state index < -0.39 is 17.8 Å². The number of benzene rings is 2. The zero-order chi connectivity index (χ0) is 24.5. The van der Waals surface area contributed by atoms with Crippen molar-refractivity contribution in [3.8, 4) is 22.1 Å². The first-order valence-electron chi connectivity index (χ1n) is 10.4. The van der Waals surface area contributed by atoms with Gasteiger partial charge in [0.2, 0.25) is 11.8 Å². The van der Waals surface area contributed by atoms with Crippen LogP contribution >= 0.6 is 11.3 Å². The van der Waals surface area contributed by atoms with Gasteiger partial charge in [0.15, 0.2) is 10.8 Å². The second-order valence-corrected chi connectivity index (χ2v) is 9.52. The Balaban J connectivity index is 1.73. The van der Waals surface area contributed by atoms with E-state index in [-0.39, 0.29) is 27.0 Å². The van der Waals surface area contributed by atoms with Crippen LogP contribution in [0, 0.1) is 5.95 Å². The van der Waals surface area contributed by atoms with Gasteiger partial charge in [-0.3, -0.25) is 0 Å². The highest BCUT2D eigenvalue weighted by atomic mass is 32.1. The summed E-state index contributed by atoms with van der Waals surface area (Å²) in [6.07, 6.45) is -4.65. The Hall–Kier alpha value is -3.46. The molecule has 0 amide bonds. The van der Waals surface area contributed by atoms with Crippen molar-refractivity contribution < 1.29 is 22.3 Å². The van der Waals surface area contributed by atoms with Gasteiger partial charge in [0, 0.05) is 5.56 Å². The molecule has 2 aromatic carbocycles. The molecule has 2 heterocycles. The van der Waals surface area contributed by atoms with Crippen molar-refractivity contribution in [1.29, 1.82) is 0 Å². The molecule has 4 nitrogen and oxygen atoms in total. The molecule has 176 valence electrons. The number of halogens is 4. The van der Waals surface area contributed by atoms with E-state index in [1.165, 1.54) is 6.07 Å². The van der Waals surface area contributed by atoms with E-state index in [0.29, 0.717) is 11.3 Å². The smallest absolute Gasteiger partial charge is 0.434 e. The van der Waals surface area contributed by atoms with Gasteiger partial charge in [0.05, 0.1) is 4.88 Å². The highest BCUT2D eigenvalue weighted by molar-refractivity contribution is 7.19. The highest BCUT2D eigenvalue weighted by Gasteiger charge is 2.38. The van der Waals surface area contributed by atoms with E-state index in [4.69, 9.17) is 4.74 Å². The summed E-state index contributed by atoms with van der Waals surface area (Å²) in [5.41, 5.74) is 0.188. The van der Waals surface area contributed by atoms with Gasteiger partial charge >= 0.3 is 6.18 Å². The number of ether oxygens (including phenoxy) is 1. The standard InChI is InChI=1S/C25H21F4N3OS/c1-24(2,3)16-11-7-8-12-18(16)33-22-17(13-14-19(26)31-22)30-23-32-21(25(27,28)29)20(34-23)15-9-5-4-6-10-15/h4-14H,1-3H3,(H,30,32)/i26-1.